The Labute approximate surface area is 437 Å². The molecule has 12 aromatic rings. The van der Waals surface area contributed by atoms with Gasteiger partial charge in [-0.2, -0.15) is 0 Å². The maximum atomic E-state index is 5.33. The number of anilines is 9. The van der Waals surface area contributed by atoms with Crippen LogP contribution in [0, 0.1) is 0 Å². The first kappa shape index (κ1) is 44.7. The number of rotatable bonds is 9. The van der Waals surface area contributed by atoms with E-state index in [0.29, 0.717) is 0 Å². The van der Waals surface area contributed by atoms with Gasteiger partial charge in [-0.15, -0.1) is 0 Å². The van der Waals surface area contributed by atoms with E-state index in [1.165, 1.54) is 0 Å². The van der Waals surface area contributed by atoms with Crippen molar-refractivity contribution in [2.75, 3.05) is 14.7 Å². The molecule has 0 spiro atoms. The molecule has 3 aromatic heterocycles. The van der Waals surface area contributed by atoms with Gasteiger partial charge in [0.25, 0.3) is 0 Å². The number of fused-ring (bicyclic) bond motifs is 6. The third-order valence-corrected chi connectivity index (χ3v) is 13.7. The molecular formula is C69H48N6. The van der Waals surface area contributed by atoms with E-state index in [4.69, 9.17) is 15.0 Å². The van der Waals surface area contributed by atoms with E-state index in [1.807, 2.05) is 0 Å². The summed E-state index contributed by atoms with van der Waals surface area (Å²) in [5, 5.41) is 0. The summed E-state index contributed by atoms with van der Waals surface area (Å²) in [6.45, 7) is 0. The van der Waals surface area contributed by atoms with Crippen molar-refractivity contribution in [1.82, 2.24) is 15.0 Å². The van der Waals surface area contributed by atoms with Crippen LogP contribution in [-0.4, -0.2) is 15.0 Å². The van der Waals surface area contributed by atoms with Crippen LogP contribution in [0.5, 0.6) is 0 Å². The fourth-order valence-corrected chi connectivity index (χ4v) is 10.1. The Morgan fingerprint density at radius 2 is 0.333 bits per heavy atom. The van der Waals surface area contributed by atoms with Gasteiger partial charge >= 0.3 is 0 Å². The van der Waals surface area contributed by atoms with Crippen LogP contribution in [-0.2, 0) is 0 Å². The van der Waals surface area contributed by atoms with Gasteiger partial charge in [0, 0.05) is 67.5 Å². The Hall–Kier alpha value is -10.2. The van der Waals surface area contributed by atoms with Gasteiger partial charge in [-0.3, -0.25) is 0 Å². The van der Waals surface area contributed by atoms with Gasteiger partial charge < -0.3 is 14.7 Å². The fourth-order valence-electron chi connectivity index (χ4n) is 10.1. The quantitative estimate of drug-likeness (QED) is 0.144. The highest BCUT2D eigenvalue weighted by molar-refractivity contribution is 5.92. The summed E-state index contributed by atoms with van der Waals surface area (Å²) in [6.07, 6.45) is 0. The van der Waals surface area contributed by atoms with Crippen molar-refractivity contribution in [3.8, 4) is 67.5 Å². The van der Waals surface area contributed by atoms with Crippen molar-refractivity contribution in [2.24, 2.45) is 0 Å². The molecule has 75 heavy (non-hydrogen) atoms. The van der Waals surface area contributed by atoms with Crippen molar-refractivity contribution in [2.45, 2.75) is 0 Å². The molecule has 13 rings (SSSR count). The molecule has 9 aromatic carbocycles. The largest absolute Gasteiger partial charge is 0.310 e. The second-order valence-electron chi connectivity index (χ2n) is 18.5. The molecule has 0 radical (unpaired) electrons. The Bertz CT molecular complexity index is 3300. The van der Waals surface area contributed by atoms with Crippen molar-refractivity contribution in [3.05, 3.63) is 291 Å². The summed E-state index contributed by atoms with van der Waals surface area (Å²) in [5.74, 6) is 0. The summed E-state index contributed by atoms with van der Waals surface area (Å²) in [4.78, 5) is 23.1. The average Bonchev–Trinajstić information content (AvgIpc) is 3.49. The SMILES string of the molecule is c1ccc(-c2cc(N3c4cccc(c4)N(c4cc(-c5ccccc5)nc(-c5ccccc5)c4)c4cccc(c4)N(c4cc(-c5ccccc5)nc(-c5ccccc5)c4)c4cccc3c4)cc(-c3ccccc3)n2)cc1. The number of nitrogens with zero attached hydrogens (tertiary/aromatic N) is 6. The molecule has 354 valence electrons. The summed E-state index contributed by atoms with van der Waals surface area (Å²) in [6, 6.07) is 103. The molecule has 0 saturated heterocycles. The smallest absolute Gasteiger partial charge is 0.0730 e. The van der Waals surface area contributed by atoms with E-state index in [-0.39, 0.29) is 0 Å². The Morgan fingerprint density at radius 3 is 0.507 bits per heavy atom. The second kappa shape index (κ2) is 19.8. The van der Waals surface area contributed by atoms with Crippen LogP contribution in [0.1, 0.15) is 0 Å². The maximum absolute atomic E-state index is 5.33. The molecule has 0 saturated carbocycles. The van der Waals surface area contributed by atoms with E-state index in [2.05, 4.69) is 306 Å². The molecule has 1 aliphatic heterocycles. The lowest BCUT2D eigenvalue weighted by molar-refractivity contribution is 1.20. The zero-order chi connectivity index (χ0) is 49.9. The monoisotopic (exact) mass is 960 g/mol. The number of hydrogen-bond donors (Lipinski definition) is 0. The van der Waals surface area contributed by atoms with E-state index in [0.717, 1.165) is 119 Å². The predicted octanol–water partition coefficient (Wildman–Crippen LogP) is 18.6. The van der Waals surface area contributed by atoms with Crippen molar-refractivity contribution >= 4 is 51.2 Å². The lowest BCUT2D eigenvalue weighted by Gasteiger charge is -2.33. The minimum Gasteiger partial charge on any atom is -0.310 e. The molecule has 0 unspecified atom stereocenters. The molecule has 0 amide bonds. The first-order valence-corrected chi connectivity index (χ1v) is 25.2. The molecule has 6 nitrogen and oxygen atoms in total. The average molecular weight is 961 g/mol. The van der Waals surface area contributed by atoms with Gasteiger partial charge in [0.2, 0.25) is 0 Å². The van der Waals surface area contributed by atoms with Gasteiger partial charge in [-0.1, -0.05) is 200 Å². The number of pyridine rings is 3. The summed E-state index contributed by atoms with van der Waals surface area (Å²) < 4.78 is 0. The summed E-state index contributed by atoms with van der Waals surface area (Å²) in [7, 11) is 0. The Balaban J connectivity index is 1.10. The highest BCUT2D eigenvalue weighted by Crippen LogP contribution is 2.48. The summed E-state index contributed by atoms with van der Waals surface area (Å²) in [5.41, 5.74) is 20.2. The van der Waals surface area contributed by atoms with Crippen molar-refractivity contribution in [1.29, 1.82) is 0 Å². The van der Waals surface area contributed by atoms with E-state index in [9.17, 15) is 0 Å². The van der Waals surface area contributed by atoms with E-state index >= 15 is 0 Å². The summed E-state index contributed by atoms with van der Waals surface area (Å²) >= 11 is 0. The molecule has 0 aliphatic carbocycles. The van der Waals surface area contributed by atoms with Crippen LogP contribution in [0.2, 0.25) is 0 Å². The van der Waals surface area contributed by atoms with Crippen molar-refractivity contribution < 1.29 is 0 Å². The van der Waals surface area contributed by atoms with E-state index < -0.39 is 0 Å². The minimum atomic E-state index is 0.876. The fraction of sp³-hybridized carbons (Fsp3) is 0. The third-order valence-electron chi connectivity index (χ3n) is 13.7. The van der Waals surface area contributed by atoms with Crippen LogP contribution >= 0.6 is 0 Å². The molecule has 0 atom stereocenters. The molecule has 1 aliphatic rings. The van der Waals surface area contributed by atoms with Crippen LogP contribution in [0.3, 0.4) is 0 Å². The molecule has 6 bridgehead atoms. The first-order chi connectivity index (χ1) is 37.1. The van der Waals surface area contributed by atoms with Crippen molar-refractivity contribution in [3.63, 3.8) is 0 Å². The molecule has 6 heteroatoms. The standard InChI is InChI=1S/C69H48N6/c1-7-22-49(23-8-1)64-43-61(44-65(70-64)50-24-9-2-10-25-50)73-55-34-19-36-57(40-55)74(62-45-66(51-26-11-3-12-27-51)71-67(46-62)52-28-13-4-14-29-52)59-38-21-39-60(42-59)75(58-37-20-35-56(73)41-58)63-47-68(53-30-15-5-16-31-53)72-69(48-63)54-32-17-6-18-33-54/h1-48H. The minimum absolute atomic E-state index is 0.876. The second-order valence-corrected chi connectivity index (χ2v) is 18.5. The lowest BCUT2D eigenvalue weighted by Crippen LogP contribution is -2.17. The Morgan fingerprint density at radius 1 is 0.160 bits per heavy atom. The Kier molecular flexibility index (Phi) is 11.8. The number of benzene rings is 9. The van der Waals surface area contributed by atoms with Gasteiger partial charge in [0.05, 0.1) is 51.2 Å². The highest BCUT2D eigenvalue weighted by atomic mass is 15.2. The highest BCUT2D eigenvalue weighted by Gasteiger charge is 2.25. The van der Waals surface area contributed by atoms with Gasteiger partial charge in [0.15, 0.2) is 0 Å². The normalized spacial score (nSPS) is 11.9. The zero-order valence-corrected chi connectivity index (χ0v) is 40.9. The van der Waals surface area contributed by atoms with Crippen LogP contribution in [0.25, 0.3) is 67.5 Å². The first-order valence-electron chi connectivity index (χ1n) is 25.2. The topological polar surface area (TPSA) is 48.4 Å². The molecule has 0 fully saturated rings. The van der Waals surface area contributed by atoms with Gasteiger partial charge in [0.1, 0.15) is 0 Å². The van der Waals surface area contributed by atoms with E-state index in [1.54, 1.807) is 0 Å². The third kappa shape index (κ3) is 9.09. The lowest BCUT2D eigenvalue weighted by atomic mass is 10.0. The molecule has 4 heterocycles. The van der Waals surface area contributed by atoms with Crippen LogP contribution < -0.4 is 14.7 Å². The predicted molar refractivity (Wildman–Crippen MR) is 310 cm³/mol. The van der Waals surface area contributed by atoms with Gasteiger partial charge in [-0.25, -0.2) is 15.0 Å². The zero-order valence-electron chi connectivity index (χ0n) is 40.9. The van der Waals surface area contributed by atoms with Crippen LogP contribution in [0.15, 0.2) is 291 Å². The molecular weight excluding hydrogens is 913 g/mol. The molecule has 0 N–H and O–H groups in total. The van der Waals surface area contributed by atoms with Gasteiger partial charge in [-0.05, 0) is 91.0 Å². The number of hydrogen-bond acceptors (Lipinski definition) is 6. The number of aromatic nitrogens is 3. The van der Waals surface area contributed by atoms with Crippen LogP contribution in [0.4, 0.5) is 51.2 Å². The maximum Gasteiger partial charge on any atom is 0.0730 e.